The smallest absolute Gasteiger partial charge is 0.281 e. The summed E-state index contributed by atoms with van der Waals surface area (Å²) in [4.78, 5) is 10.1. The maximum atomic E-state index is 8.92. The molecule has 1 aliphatic heterocycles. The molecule has 0 aromatic heterocycles. The zero-order valence-electron chi connectivity index (χ0n) is 18.7. The summed E-state index contributed by atoms with van der Waals surface area (Å²) in [5.74, 6) is -0.324. The summed E-state index contributed by atoms with van der Waals surface area (Å²) in [5, 5.41) is 15.0. The van der Waals surface area contributed by atoms with Gasteiger partial charge in [0.1, 0.15) is 4.99 Å². The van der Waals surface area contributed by atoms with E-state index in [1.807, 2.05) is 14.1 Å². The Balaban J connectivity index is 1.93. The van der Waals surface area contributed by atoms with Gasteiger partial charge in [-0.15, -0.1) is 5.01 Å². The second kappa shape index (κ2) is 9.45. The highest BCUT2D eigenvalue weighted by Gasteiger charge is 2.40. The molecule has 1 N–H and O–H groups in total. The lowest BCUT2D eigenvalue weighted by Gasteiger charge is -2.34. The van der Waals surface area contributed by atoms with Crippen molar-refractivity contribution in [2.75, 3.05) is 19.0 Å². The molecule has 3 rings (SSSR count). The summed E-state index contributed by atoms with van der Waals surface area (Å²) >= 11 is 12.4. The number of benzene rings is 1. The van der Waals surface area contributed by atoms with Crippen LogP contribution in [0.1, 0.15) is 38.7 Å². The molecule has 0 saturated heterocycles. The first-order chi connectivity index (χ1) is 15.1. The van der Waals surface area contributed by atoms with Crippen LogP contribution in [0.2, 0.25) is 0 Å². The Morgan fingerprint density at radius 2 is 2.06 bits per heavy atom. The van der Waals surface area contributed by atoms with E-state index < -0.39 is 5.92 Å². The molecule has 0 saturated carbocycles. The highest BCUT2D eigenvalue weighted by molar-refractivity contribution is 7.80. The quantitative estimate of drug-likeness (QED) is 0.174. The topological polar surface area (TPSA) is 52.7 Å². The highest BCUT2D eigenvalue weighted by Crippen LogP contribution is 2.46. The molecule has 1 aromatic carbocycles. The minimum atomic E-state index is -0.423. The number of nitrogens with zero attached hydrogens (tertiary/aromatic N) is 4. The van der Waals surface area contributed by atoms with Gasteiger partial charge in [0, 0.05) is 24.8 Å². The molecular weight excluding hydrogens is 444 g/mol. The van der Waals surface area contributed by atoms with E-state index in [9.17, 15) is 0 Å². The van der Waals surface area contributed by atoms with E-state index in [4.69, 9.17) is 35.6 Å². The van der Waals surface area contributed by atoms with Crippen LogP contribution < -0.4 is 4.90 Å². The molecule has 8 heteroatoms. The third-order valence-electron chi connectivity index (χ3n) is 5.63. The summed E-state index contributed by atoms with van der Waals surface area (Å²) in [7, 11) is 4.03. The zero-order chi connectivity index (χ0) is 23.6. The van der Waals surface area contributed by atoms with E-state index in [0.717, 1.165) is 40.3 Å². The monoisotopic (exact) mass is 470 g/mol. The van der Waals surface area contributed by atoms with E-state index in [-0.39, 0.29) is 17.1 Å². The second-order valence-corrected chi connectivity index (χ2v) is 9.85. The summed E-state index contributed by atoms with van der Waals surface area (Å²) in [6, 6.07) is 8.34. The molecular formula is C24H27ClN4O2S. The molecule has 1 atom stereocenters. The molecule has 6 nitrogen and oxygen atoms in total. The summed E-state index contributed by atoms with van der Waals surface area (Å²) in [6.45, 7) is 15.5. The Kier molecular flexibility index (Phi) is 7.09. The van der Waals surface area contributed by atoms with Crippen LogP contribution in [0.3, 0.4) is 0 Å². The molecule has 0 amide bonds. The molecule has 1 unspecified atom stereocenters. The van der Waals surface area contributed by atoms with Crippen molar-refractivity contribution in [3.63, 3.8) is 0 Å². The molecule has 2 aliphatic rings. The van der Waals surface area contributed by atoms with Crippen LogP contribution >= 0.6 is 23.8 Å². The van der Waals surface area contributed by atoms with Crippen LogP contribution in [0.15, 0.2) is 58.0 Å². The van der Waals surface area contributed by atoms with Crippen LogP contribution in [0.4, 0.5) is 5.69 Å². The molecule has 168 valence electrons. The molecule has 1 aromatic rings. The number of allylic oxidation sites excluding steroid dienone is 3. The van der Waals surface area contributed by atoms with Gasteiger partial charge >= 0.3 is 0 Å². The predicted octanol–water partition coefficient (Wildman–Crippen LogP) is 6.29. The van der Waals surface area contributed by atoms with Crippen molar-refractivity contribution in [3.8, 4) is 0 Å². The summed E-state index contributed by atoms with van der Waals surface area (Å²) in [6.07, 6.45) is 4.26. The molecule has 0 radical (unpaired) electrons. The van der Waals surface area contributed by atoms with Crippen molar-refractivity contribution in [2.24, 2.45) is 16.4 Å². The number of amidine groups is 1. The number of thiocarbonyl (C=S) groups is 1. The van der Waals surface area contributed by atoms with Crippen LogP contribution in [0, 0.1) is 17.9 Å². The van der Waals surface area contributed by atoms with Gasteiger partial charge in [-0.05, 0) is 59.6 Å². The number of rotatable bonds is 6. The van der Waals surface area contributed by atoms with Gasteiger partial charge in [-0.25, -0.2) is 5.26 Å². The van der Waals surface area contributed by atoms with Gasteiger partial charge in [-0.1, -0.05) is 68.0 Å². The maximum absolute atomic E-state index is 8.92. The fourth-order valence-electron chi connectivity index (χ4n) is 4.11. The van der Waals surface area contributed by atoms with E-state index in [1.165, 1.54) is 5.01 Å². The first kappa shape index (κ1) is 24.0. The predicted molar refractivity (Wildman–Crippen MR) is 134 cm³/mol. The van der Waals surface area contributed by atoms with Crippen molar-refractivity contribution in [1.29, 1.82) is 0 Å². The minimum absolute atomic E-state index is 0.0102. The third kappa shape index (κ3) is 5.04. The fraction of sp³-hybridized carbons (Fsp3) is 0.375. The Labute approximate surface area is 199 Å². The average Bonchev–Trinajstić information content (AvgIpc) is 3.06. The van der Waals surface area contributed by atoms with Gasteiger partial charge in [-0.2, -0.15) is 0 Å². The minimum Gasteiger partial charge on any atom is -0.378 e. The molecule has 32 heavy (non-hydrogen) atoms. The van der Waals surface area contributed by atoms with E-state index >= 15 is 0 Å². The first-order valence-corrected chi connectivity index (χ1v) is 11.0. The van der Waals surface area contributed by atoms with Crippen LogP contribution in [-0.2, 0) is 4.89 Å². The summed E-state index contributed by atoms with van der Waals surface area (Å²) in [5.41, 5.74) is 4.34. The standard InChI is InChI=1S/C24H27ClN4O2S/c1-15(31-30)29-23(32)20(22(26-4)27-29)12-18-14-24(2,3)13-17(21(18)25)11-16-7-9-19(10-8-16)28(5)6/h7-11,20,30H,1,12-14H2,2-3,5-6H3/b17-11+. The normalized spacial score (nSPS) is 21.5. The molecule has 0 spiro atoms. The number of anilines is 1. The number of hydrogen-bond acceptors (Lipinski definition) is 5. The van der Waals surface area contributed by atoms with Gasteiger partial charge in [0.05, 0.1) is 5.92 Å². The Bertz CT molecular complexity index is 1060. The van der Waals surface area contributed by atoms with E-state index in [1.54, 1.807) is 0 Å². The SMILES string of the molecule is [C-]#[N+]C1=NN(C(=C)OO)C(=S)C1CC1=C(Cl)/C(=C/c2ccc(N(C)C)cc2)CC(C)(C)C1. The van der Waals surface area contributed by atoms with Crippen LogP contribution in [0.5, 0.6) is 0 Å². The van der Waals surface area contributed by atoms with Crippen molar-refractivity contribution < 1.29 is 10.1 Å². The second-order valence-electron chi connectivity index (χ2n) is 9.05. The van der Waals surface area contributed by atoms with Gasteiger partial charge in [0.2, 0.25) is 0 Å². The lowest BCUT2D eigenvalue weighted by Crippen LogP contribution is -2.27. The zero-order valence-corrected chi connectivity index (χ0v) is 20.3. The van der Waals surface area contributed by atoms with Crippen molar-refractivity contribution in [1.82, 2.24) is 5.01 Å². The number of hydrazone groups is 1. The molecule has 0 fully saturated rings. The fourth-order valence-corrected chi connectivity index (χ4v) is 4.70. The van der Waals surface area contributed by atoms with E-state index in [0.29, 0.717) is 11.4 Å². The maximum Gasteiger partial charge on any atom is 0.281 e. The molecule has 1 aliphatic carbocycles. The number of hydrogen-bond donors (Lipinski definition) is 1. The van der Waals surface area contributed by atoms with Gasteiger partial charge in [-0.3, -0.25) is 0 Å². The van der Waals surface area contributed by atoms with Crippen molar-refractivity contribution in [2.45, 2.75) is 33.1 Å². The highest BCUT2D eigenvalue weighted by atomic mass is 35.5. The van der Waals surface area contributed by atoms with Gasteiger partial charge < -0.3 is 14.6 Å². The van der Waals surface area contributed by atoms with Crippen molar-refractivity contribution in [3.05, 3.63) is 69.9 Å². The molecule has 0 bridgehead atoms. The van der Waals surface area contributed by atoms with Crippen molar-refractivity contribution >= 4 is 46.4 Å². The Morgan fingerprint density at radius 3 is 2.62 bits per heavy atom. The largest absolute Gasteiger partial charge is 0.378 e. The van der Waals surface area contributed by atoms with Crippen LogP contribution in [-0.4, -0.2) is 35.2 Å². The Hall–Kier alpha value is -2.66. The van der Waals surface area contributed by atoms with Gasteiger partial charge in [0.15, 0.2) is 0 Å². The number of halogens is 1. The van der Waals surface area contributed by atoms with Crippen LogP contribution in [0.25, 0.3) is 10.9 Å². The van der Waals surface area contributed by atoms with E-state index in [2.05, 4.69) is 70.5 Å². The lowest BCUT2D eigenvalue weighted by atomic mass is 9.73. The lowest BCUT2D eigenvalue weighted by molar-refractivity contribution is -0.218. The Morgan fingerprint density at radius 1 is 1.41 bits per heavy atom. The van der Waals surface area contributed by atoms with Gasteiger partial charge in [0.25, 0.3) is 11.7 Å². The first-order valence-electron chi connectivity index (χ1n) is 10.2. The summed E-state index contributed by atoms with van der Waals surface area (Å²) < 4.78 is 0. The molecule has 1 heterocycles. The third-order valence-corrected chi connectivity index (χ3v) is 6.60. The average molecular weight is 471 g/mol.